The van der Waals surface area contributed by atoms with E-state index in [1.807, 2.05) is 24.4 Å². The van der Waals surface area contributed by atoms with Gasteiger partial charge in [0.2, 0.25) is 0 Å². The molecule has 84 valence electrons. The molecule has 0 aliphatic carbocycles. The fourth-order valence-electron chi connectivity index (χ4n) is 1.35. The number of nitrogens with zero attached hydrogens (tertiary/aromatic N) is 1. The second-order valence-corrected chi connectivity index (χ2v) is 5.77. The van der Waals surface area contributed by atoms with Crippen molar-refractivity contribution in [2.24, 2.45) is 0 Å². The zero-order valence-electron chi connectivity index (χ0n) is 8.84. The maximum absolute atomic E-state index is 12.0. The molecule has 0 amide bonds. The van der Waals surface area contributed by atoms with Gasteiger partial charge >= 0.3 is 0 Å². The largest absolute Gasteiger partial charge is 0.398 e. The van der Waals surface area contributed by atoms with Gasteiger partial charge in [-0.1, -0.05) is 12.1 Å². The molecule has 2 N–H and O–H groups in total. The van der Waals surface area contributed by atoms with Crippen LogP contribution in [-0.4, -0.2) is 9.19 Å². The van der Waals surface area contributed by atoms with Gasteiger partial charge in [-0.15, -0.1) is 11.3 Å². The smallest absolute Gasteiger partial charge is 0.106 e. The highest BCUT2D eigenvalue weighted by molar-refractivity contribution is 7.84. The molecule has 3 nitrogen and oxygen atoms in total. The molecule has 1 aromatic carbocycles. The number of aryl methyl sites for hydroxylation is 1. The first kappa shape index (κ1) is 11.3. The van der Waals surface area contributed by atoms with Crippen LogP contribution in [0.25, 0.3) is 0 Å². The quantitative estimate of drug-likeness (QED) is 0.853. The second kappa shape index (κ2) is 4.76. The van der Waals surface area contributed by atoms with Gasteiger partial charge in [-0.05, 0) is 19.1 Å². The molecule has 0 radical (unpaired) electrons. The molecule has 5 heteroatoms. The zero-order chi connectivity index (χ0) is 11.5. The molecule has 1 unspecified atom stereocenters. The Morgan fingerprint density at radius 3 is 2.81 bits per heavy atom. The highest BCUT2D eigenvalue weighted by atomic mass is 32.2. The van der Waals surface area contributed by atoms with Crippen LogP contribution in [0.15, 0.2) is 34.5 Å². The second-order valence-electron chi connectivity index (χ2n) is 3.41. The number of benzene rings is 1. The molecule has 0 bridgehead atoms. The Labute approximate surface area is 101 Å². The molecule has 1 atom stereocenters. The lowest BCUT2D eigenvalue weighted by atomic mass is 10.3. The summed E-state index contributed by atoms with van der Waals surface area (Å²) < 4.78 is 12.0. The molecular weight excluding hydrogens is 240 g/mol. The van der Waals surface area contributed by atoms with E-state index in [9.17, 15) is 4.21 Å². The van der Waals surface area contributed by atoms with E-state index in [4.69, 9.17) is 5.73 Å². The molecule has 1 aromatic heterocycles. The number of hydrogen-bond acceptors (Lipinski definition) is 4. The van der Waals surface area contributed by atoms with Crippen LogP contribution in [0, 0.1) is 6.92 Å². The minimum absolute atomic E-state index is 0.437. The van der Waals surface area contributed by atoms with Crippen molar-refractivity contribution in [2.45, 2.75) is 17.6 Å². The maximum atomic E-state index is 12.0. The monoisotopic (exact) mass is 252 g/mol. The van der Waals surface area contributed by atoms with Crippen LogP contribution in [0.3, 0.4) is 0 Å². The lowest BCUT2D eigenvalue weighted by Gasteiger charge is -2.03. The average molecular weight is 252 g/mol. The van der Waals surface area contributed by atoms with Gasteiger partial charge in [0.25, 0.3) is 0 Å². The van der Waals surface area contributed by atoms with Gasteiger partial charge in [0, 0.05) is 16.8 Å². The minimum Gasteiger partial charge on any atom is -0.398 e. The Morgan fingerprint density at radius 2 is 2.19 bits per heavy atom. The minimum atomic E-state index is -1.11. The normalized spacial score (nSPS) is 12.6. The summed E-state index contributed by atoms with van der Waals surface area (Å²) in [6.07, 6.45) is 0. The average Bonchev–Trinajstić information content (AvgIpc) is 2.64. The van der Waals surface area contributed by atoms with E-state index in [0.29, 0.717) is 16.3 Å². The highest BCUT2D eigenvalue weighted by Crippen LogP contribution is 2.20. The Bertz CT molecular complexity index is 522. The van der Waals surface area contributed by atoms with E-state index in [-0.39, 0.29) is 0 Å². The molecule has 0 fully saturated rings. The number of aromatic nitrogens is 1. The fraction of sp³-hybridized carbons (Fsp3) is 0.182. The third-order valence-corrected chi connectivity index (χ3v) is 4.63. The molecule has 2 aromatic rings. The highest BCUT2D eigenvalue weighted by Gasteiger charge is 2.10. The van der Waals surface area contributed by atoms with Gasteiger partial charge < -0.3 is 5.73 Å². The van der Waals surface area contributed by atoms with Crippen LogP contribution in [0.4, 0.5) is 5.69 Å². The summed E-state index contributed by atoms with van der Waals surface area (Å²) in [5, 5.41) is 2.85. The molecule has 0 spiro atoms. The summed E-state index contributed by atoms with van der Waals surface area (Å²) in [6.45, 7) is 1.93. The number of nitrogens with two attached hydrogens (primary N) is 1. The third-order valence-electron chi connectivity index (χ3n) is 2.09. The van der Waals surface area contributed by atoms with Crippen LogP contribution in [-0.2, 0) is 16.6 Å². The van der Waals surface area contributed by atoms with Crippen molar-refractivity contribution < 1.29 is 4.21 Å². The Balaban J connectivity index is 2.18. The Kier molecular flexibility index (Phi) is 3.36. The molecule has 0 aliphatic rings. The van der Waals surface area contributed by atoms with Gasteiger partial charge in [-0.3, -0.25) is 4.21 Å². The molecule has 2 rings (SSSR count). The van der Waals surface area contributed by atoms with Crippen molar-refractivity contribution in [3.05, 3.63) is 40.3 Å². The van der Waals surface area contributed by atoms with Crippen LogP contribution in [0.5, 0.6) is 0 Å². The summed E-state index contributed by atoms with van der Waals surface area (Å²) in [7, 11) is -1.11. The first-order valence-corrected chi connectivity index (χ1v) is 7.00. The molecule has 0 aliphatic heterocycles. The number of para-hydroxylation sites is 1. The fourth-order valence-corrected chi connectivity index (χ4v) is 3.50. The van der Waals surface area contributed by atoms with Crippen molar-refractivity contribution in [3.8, 4) is 0 Å². The van der Waals surface area contributed by atoms with Crippen molar-refractivity contribution >= 4 is 27.8 Å². The third kappa shape index (κ3) is 2.48. The van der Waals surface area contributed by atoms with E-state index < -0.39 is 10.8 Å². The van der Waals surface area contributed by atoms with Gasteiger partial charge in [-0.25, -0.2) is 4.98 Å². The molecular formula is C11H12N2OS2. The van der Waals surface area contributed by atoms with Gasteiger partial charge in [0.05, 0.1) is 21.4 Å². The summed E-state index contributed by atoms with van der Waals surface area (Å²) in [4.78, 5) is 4.98. The first-order chi connectivity index (χ1) is 7.66. The Morgan fingerprint density at radius 1 is 1.44 bits per heavy atom. The van der Waals surface area contributed by atoms with E-state index in [1.54, 1.807) is 12.1 Å². The number of thiazole rings is 1. The van der Waals surface area contributed by atoms with E-state index >= 15 is 0 Å². The van der Waals surface area contributed by atoms with E-state index in [1.165, 1.54) is 11.3 Å². The summed E-state index contributed by atoms with van der Waals surface area (Å²) in [5.74, 6) is 0.437. The van der Waals surface area contributed by atoms with Crippen LogP contribution in [0.2, 0.25) is 0 Å². The first-order valence-electron chi connectivity index (χ1n) is 4.80. The van der Waals surface area contributed by atoms with Crippen molar-refractivity contribution in [3.63, 3.8) is 0 Å². The summed E-state index contributed by atoms with van der Waals surface area (Å²) >= 11 is 1.53. The number of hydrogen-bond donors (Lipinski definition) is 1. The van der Waals surface area contributed by atoms with Crippen LogP contribution < -0.4 is 5.73 Å². The lowest BCUT2D eigenvalue weighted by molar-refractivity contribution is 0.682. The number of nitrogen functional groups attached to an aromatic ring is 1. The van der Waals surface area contributed by atoms with E-state index in [2.05, 4.69) is 4.98 Å². The van der Waals surface area contributed by atoms with Crippen molar-refractivity contribution in [2.75, 3.05) is 5.73 Å². The topological polar surface area (TPSA) is 56.0 Å². The summed E-state index contributed by atoms with van der Waals surface area (Å²) in [5.41, 5.74) is 7.32. The maximum Gasteiger partial charge on any atom is 0.106 e. The SMILES string of the molecule is Cc1csc(CS(=O)c2ccccc2N)n1. The van der Waals surface area contributed by atoms with Crippen LogP contribution in [0.1, 0.15) is 10.7 Å². The molecule has 0 saturated carbocycles. The van der Waals surface area contributed by atoms with Crippen molar-refractivity contribution in [1.82, 2.24) is 4.98 Å². The van der Waals surface area contributed by atoms with Gasteiger partial charge in [-0.2, -0.15) is 0 Å². The number of anilines is 1. The molecule has 16 heavy (non-hydrogen) atoms. The predicted molar refractivity (Wildman–Crippen MR) is 67.8 cm³/mol. The van der Waals surface area contributed by atoms with Gasteiger partial charge in [0.15, 0.2) is 0 Å². The predicted octanol–water partition coefficient (Wildman–Crippen LogP) is 2.34. The standard InChI is InChI=1S/C11H12N2OS2/c1-8-6-15-11(13-8)7-16(14)10-5-3-2-4-9(10)12/h2-6H,7,12H2,1H3. The van der Waals surface area contributed by atoms with E-state index in [0.717, 1.165) is 10.7 Å². The van der Waals surface area contributed by atoms with Gasteiger partial charge in [0.1, 0.15) is 5.01 Å². The Hall–Kier alpha value is -1.20. The molecule has 0 saturated heterocycles. The molecule has 1 heterocycles. The summed E-state index contributed by atoms with van der Waals surface area (Å²) in [6, 6.07) is 7.24. The lowest BCUT2D eigenvalue weighted by Crippen LogP contribution is -2.00. The van der Waals surface area contributed by atoms with Crippen LogP contribution >= 0.6 is 11.3 Å². The van der Waals surface area contributed by atoms with Crippen molar-refractivity contribution in [1.29, 1.82) is 0 Å². The number of rotatable bonds is 3. The zero-order valence-corrected chi connectivity index (χ0v) is 10.5.